The number of amides is 1. The summed E-state index contributed by atoms with van der Waals surface area (Å²) in [5.41, 5.74) is 0. The van der Waals surface area contributed by atoms with Crippen LogP contribution in [-0.4, -0.2) is 46.9 Å². The molecule has 6 nitrogen and oxygen atoms in total. The summed E-state index contributed by atoms with van der Waals surface area (Å²) < 4.78 is 5.94. The van der Waals surface area contributed by atoms with Gasteiger partial charge in [0.2, 0.25) is 5.91 Å². The van der Waals surface area contributed by atoms with E-state index in [0.717, 1.165) is 89.9 Å². The van der Waals surface area contributed by atoms with E-state index in [9.17, 15) is 19.8 Å². The number of rotatable bonds is 51. The van der Waals surface area contributed by atoms with Gasteiger partial charge in [-0.25, -0.2) is 0 Å². The van der Waals surface area contributed by atoms with E-state index in [1.807, 2.05) is 0 Å². The van der Waals surface area contributed by atoms with E-state index >= 15 is 0 Å². The monoisotopic (exact) mass is 912 g/mol. The van der Waals surface area contributed by atoms with Crippen molar-refractivity contribution < 1.29 is 24.5 Å². The molecule has 1 amide bonds. The van der Waals surface area contributed by atoms with E-state index in [-0.39, 0.29) is 24.9 Å². The lowest BCUT2D eigenvalue weighted by Crippen LogP contribution is -2.46. The molecule has 0 radical (unpaired) electrons. The molecule has 0 aliphatic heterocycles. The Balaban J connectivity index is 4.62. The third-order valence-electron chi connectivity index (χ3n) is 12.9. The summed E-state index contributed by atoms with van der Waals surface area (Å²) in [6, 6.07) is -0.711. The van der Waals surface area contributed by atoms with Crippen molar-refractivity contribution in [2.24, 2.45) is 0 Å². The second-order valence-corrected chi connectivity index (χ2v) is 19.3. The molecule has 6 heteroatoms. The van der Waals surface area contributed by atoms with Crippen LogP contribution in [0.4, 0.5) is 0 Å². The van der Waals surface area contributed by atoms with Crippen LogP contribution in [0.2, 0.25) is 0 Å². The molecule has 0 aliphatic rings. The van der Waals surface area contributed by atoms with Crippen molar-refractivity contribution in [3.05, 3.63) is 48.6 Å². The van der Waals surface area contributed by atoms with Gasteiger partial charge in [-0.05, 0) is 89.9 Å². The number of esters is 1. The third-order valence-corrected chi connectivity index (χ3v) is 12.9. The predicted octanol–water partition coefficient (Wildman–Crippen LogP) is 17.4. The molecule has 0 saturated heterocycles. The van der Waals surface area contributed by atoms with Crippen LogP contribution in [0.1, 0.15) is 290 Å². The molecule has 0 aromatic carbocycles. The third kappa shape index (κ3) is 48.1. The van der Waals surface area contributed by atoms with Crippen LogP contribution >= 0.6 is 0 Å². The zero-order valence-corrected chi connectivity index (χ0v) is 43.4. The molecule has 0 fully saturated rings. The highest BCUT2D eigenvalue weighted by molar-refractivity contribution is 5.77. The second kappa shape index (κ2) is 52.8. The van der Waals surface area contributed by atoms with Crippen molar-refractivity contribution in [3.8, 4) is 0 Å². The number of ether oxygens (including phenoxy) is 1. The first-order valence-corrected chi connectivity index (χ1v) is 28.4. The van der Waals surface area contributed by atoms with Crippen LogP contribution in [0.3, 0.4) is 0 Å². The van der Waals surface area contributed by atoms with E-state index in [1.165, 1.54) is 154 Å². The average Bonchev–Trinajstić information content (AvgIpc) is 3.30. The summed E-state index contributed by atoms with van der Waals surface area (Å²) in [4.78, 5) is 26.2. The predicted molar refractivity (Wildman–Crippen MR) is 282 cm³/mol. The molecule has 380 valence electrons. The van der Waals surface area contributed by atoms with Gasteiger partial charge in [0.05, 0.1) is 25.2 Å². The second-order valence-electron chi connectivity index (χ2n) is 19.3. The van der Waals surface area contributed by atoms with Crippen LogP contribution in [0.5, 0.6) is 0 Å². The van der Waals surface area contributed by atoms with E-state index < -0.39 is 18.2 Å². The Morgan fingerprint density at radius 3 is 1.25 bits per heavy atom. The number of nitrogens with one attached hydrogen (secondary N) is 1. The van der Waals surface area contributed by atoms with Gasteiger partial charge in [-0.3, -0.25) is 9.59 Å². The summed E-state index contributed by atoms with van der Waals surface area (Å²) >= 11 is 0. The van der Waals surface area contributed by atoms with Gasteiger partial charge in [-0.15, -0.1) is 0 Å². The Bertz CT molecular complexity index is 1110. The number of allylic oxidation sites excluding steroid dienone is 8. The number of unbranched alkanes of at least 4 members (excludes halogenated alkanes) is 31. The fraction of sp³-hybridized carbons (Fsp3) is 0.831. The van der Waals surface area contributed by atoms with Gasteiger partial charge in [0.1, 0.15) is 6.10 Å². The molecule has 0 aromatic rings. The highest BCUT2D eigenvalue weighted by atomic mass is 16.5. The molecule has 0 spiro atoms. The molecule has 3 unspecified atom stereocenters. The highest BCUT2D eigenvalue weighted by Crippen LogP contribution is 2.18. The van der Waals surface area contributed by atoms with Crippen LogP contribution in [0.25, 0.3) is 0 Å². The Morgan fingerprint density at radius 2 is 0.785 bits per heavy atom. The maximum atomic E-state index is 13.2. The average molecular weight is 913 g/mol. The summed E-state index contributed by atoms with van der Waals surface area (Å²) in [5, 5.41) is 23.8. The topological polar surface area (TPSA) is 95.9 Å². The normalized spacial score (nSPS) is 13.5. The number of hydrogen-bond donors (Lipinski definition) is 3. The summed E-state index contributed by atoms with van der Waals surface area (Å²) in [6.07, 6.45) is 64.6. The minimum absolute atomic E-state index is 0.0591. The van der Waals surface area contributed by atoms with E-state index in [4.69, 9.17) is 4.74 Å². The SMILES string of the molecule is CCCCC/C=C\C/C=C\C/C=C\CCCCCCC(=O)OC(CCCCC/C=C/CCCCCCCCCCC)CC(=O)NC(CO)C(O)CCCCCCCCCCCCCCC. The highest BCUT2D eigenvalue weighted by Gasteiger charge is 2.24. The minimum Gasteiger partial charge on any atom is -0.462 e. The molecule has 0 saturated carbocycles. The van der Waals surface area contributed by atoms with Gasteiger partial charge < -0.3 is 20.3 Å². The largest absolute Gasteiger partial charge is 0.462 e. The lowest BCUT2D eigenvalue weighted by molar-refractivity contribution is -0.151. The van der Waals surface area contributed by atoms with Gasteiger partial charge in [0.25, 0.3) is 0 Å². The Morgan fingerprint density at radius 1 is 0.446 bits per heavy atom. The van der Waals surface area contributed by atoms with Gasteiger partial charge in [-0.2, -0.15) is 0 Å². The van der Waals surface area contributed by atoms with E-state index in [2.05, 4.69) is 74.7 Å². The quantitative estimate of drug-likeness (QED) is 0.0321. The molecule has 3 atom stereocenters. The van der Waals surface area contributed by atoms with Crippen molar-refractivity contribution in [2.45, 2.75) is 309 Å². The first-order chi connectivity index (χ1) is 32.0. The molecule has 0 bridgehead atoms. The Kier molecular flexibility index (Phi) is 51.0. The zero-order valence-electron chi connectivity index (χ0n) is 43.4. The number of aliphatic hydroxyl groups excluding tert-OH is 2. The Labute approximate surface area is 404 Å². The van der Waals surface area contributed by atoms with Gasteiger partial charge in [0.15, 0.2) is 0 Å². The molecule has 3 N–H and O–H groups in total. The van der Waals surface area contributed by atoms with E-state index in [1.54, 1.807) is 0 Å². The van der Waals surface area contributed by atoms with Crippen LogP contribution in [0, 0.1) is 0 Å². The molecule has 0 aliphatic carbocycles. The van der Waals surface area contributed by atoms with Crippen LogP contribution in [0.15, 0.2) is 48.6 Å². The summed E-state index contributed by atoms with van der Waals surface area (Å²) in [5.74, 6) is -0.505. The van der Waals surface area contributed by atoms with Crippen molar-refractivity contribution in [3.63, 3.8) is 0 Å². The van der Waals surface area contributed by atoms with Crippen LogP contribution in [-0.2, 0) is 14.3 Å². The fourth-order valence-electron chi connectivity index (χ4n) is 8.55. The van der Waals surface area contributed by atoms with E-state index in [0.29, 0.717) is 19.3 Å². The standard InChI is InChI=1S/C59H109NO5/c1-4-7-10-13-16-19-22-25-27-29-31-34-37-40-43-46-49-52-59(64)65-55(50-47-44-41-38-35-33-30-28-26-23-20-17-14-11-8-5-2)53-58(63)60-56(54-61)57(62)51-48-45-42-39-36-32-24-21-18-15-12-9-6-3/h16,19,25,27,31,33-35,55-57,61-62H,4-15,17-18,20-24,26,28-30,32,36-54H2,1-3H3,(H,60,63)/b19-16-,27-25-,34-31-,35-33+. The zero-order chi connectivity index (χ0) is 47.4. The number of hydrogen-bond acceptors (Lipinski definition) is 5. The molecular weight excluding hydrogens is 803 g/mol. The molecule has 0 aromatic heterocycles. The lowest BCUT2D eigenvalue weighted by atomic mass is 10.0. The fourth-order valence-corrected chi connectivity index (χ4v) is 8.55. The maximum absolute atomic E-state index is 13.2. The van der Waals surface area contributed by atoms with Crippen molar-refractivity contribution in [2.75, 3.05) is 6.61 Å². The smallest absolute Gasteiger partial charge is 0.306 e. The van der Waals surface area contributed by atoms with Gasteiger partial charge in [0, 0.05) is 6.42 Å². The maximum Gasteiger partial charge on any atom is 0.306 e. The molecule has 0 rings (SSSR count). The number of carbonyl (C=O) groups is 2. The first-order valence-electron chi connectivity index (χ1n) is 28.4. The number of aliphatic hydroxyl groups is 2. The first kappa shape index (κ1) is 62.8. The Hall–Kier alpha value is -2.18. The van der Waals surface area contributed by atoms with Crippen LogP contribution < -0.4 is 5.32 Å². The van der Waals surface area contributed by atoms with Crippen molar-refractivity contribution >= 4 is 11.9 Å². The number of carbonyl (C=O) groups excluding carboxylic acids is 2. The lowest BCUT2D eigenvalue weighted by Gasteiger charge is -2.24. The minimum atomic E-state index is -0.796. The molecular formula is C59H109NO5. The summed E-state index contributed by atoms with van der Waals surface area (Å²) in [6.45, 7) is 6.47. The summed E-state index contributed by atoms with van der Waals surface area (Å²) in [7, 11) is 0. The van der Waals surface area contributed by atoms with Crippen molar-refractivity contribution in [1.29, 1.82) is 0 Å². The molecule has 65 heavy (non-hydrogen) atoms. The van der Waals surface area contributed by atoms with Gasteiger partial charge in [-0.1, -0.05) is 236 Å². The molecule has 0 heterocycles. The van der Waals surface area contributed by atoms with Crippen molar-refractivity contribution in [1.82, 2.24) is 5.32 Å². The van der Waals surface area contributed by atoms with Gasteiger partial charge >= 0.3 is 5.97 Å².